The second kappa shape index (κ2) is 10.2. The zero-order chi connectivity index (χ0) is 22.4. The van der Waals surface area contributed by atoms with Crippen LogP contribution < -0.4 is 10.1 Å². The molecule has 0 saturated carbocycles. The molecule has 1 fully saturated rings. The molecule has 168 valence electrons. The molecule has 7 nitrogen and oxygen atoms in total. The highest BCUT2D eigenvalue weighted by atomic mass is 32.2. The van der Waals surface area contributed by atoms with Gasteiger partial charge in [0.2, 0.25) is 10.0 Å². The van der Waals surface area contributed by atoms with E-state index in [0.717, 1.165) is 30.5 Å². The highest BCUT2D eigenvalue weighted by Gasteiger charge is 2.25. The van der Waals surface area contributed by atoms with Crippen molar-refractivity contribution in [2.45, 2.75) is 37.3 Å². The predicted octanol–water partition coefficient (Wildman–Crippen LogP) is 3.83. The van der Waals surface area contributed by atoms with Crippen molar-refractivity contribution in [1.82, 2.24) is 14.6 Å². The third kappa shape index (κ3) is 5.53. The van der Waals surface area contributed by atoms with Gasteiger partial charge in [-0.2, -0.15) is 4.31 Å². The largest absolute Gasteiger partial charge is 0.487 e. The van der Waals surface area contributed by atoms with Gasteiger partial charge < -0.3 is 10.1 Å². The number of aromatic nitrogens is 1. The Morgan fingerprint density at radius 3 is 2.69 bits per heavy atom. The molecule has 0 radical (unpaired) electrons. The predicted molar refractivity (Wildman–Crippen MR) is 123 cm³/mol. The lowest BCUT2D eigenvalue weighted by Gasteiger charge is -2.26. The summed E-state index contributed by atoms with van der Waals surface area (Å²) in [4.78, 5) is 17.1. The van der Waals surface area contributed by atoms with Crippen molar-refractivity contribution in [3.05, 3.63) is 76.2 Å². The van der Waals surface area contributed by atoms with Crippen molar-refractivity contribution in [3.8, 4) is 5.75 Å². The molecule has 0 bridgehead atoms. The highest BCUT2D eigenvalue weighted by Crippen LogP contribution is 2.21. The quantitative estimate of drug-likeness (QED) is 0.539. The SMILES string of the molecule is O=C(NCc1cccc(S(=O)(=O)N2CCCCC2)c1)c1cccc(OCc2cscn2)c1. The average Bonchev–Trinajstić information content (AvgIpc) is 3.36. The third-order valence-corrected chi connectivity index (χ3v) is 7.80. The van der Waals surface area contributed by atoms with E-state index in [9.17, 15) is 13.2 Å². The van der Waals surface area contributed by atoms with E-state index in [4.69, 9.17) is 4.74 Å². The van der Waals surface area contributed by atoms with Crippen molar-refractivity contribution in [2.24, 2.45) is 0 Å². The molecular formula is C23H25N3O4S2. The summed E-state index contributed by atoms with van der Waals surface area (Å²) < 4.78 is 33.1. The number of nitrogens with one attached hydrogen (secondary N) is 1. The molecule has 9 heteroatoms. The molecule has 0 unspecified atom stereocenters. The first kappa shape index (κ1) is 22.4. The first-order valence-corrected chi connectivity index (χ1v) is 12.9. The lowest BCUT2D eigenvalue weighted by molar-refractivity contribution is 0.0950. The monoisotopic (exact) mass is 471 g/mol. The van der Waals surface area contributed by atoms with Crippen molar-refractivity contribution >= 4 is 27.3 Å². The van der Waals surface area contributed by atoms with Crippen LogP contribution in [0, 0.1) is 0 Å². The molecule has 2 heterocycles. The van der Waals surface area contributed by atoms with Gasteiger partial charge in [0.15, 0.2) is 0 Å². The van der Waals surface area contributed by atoms with Gasteiger partial charge in [0.25, 0.3) is 5.91 Å². The lowest BCUT2D eigenvalue weighted by atomic mass is 10.2. The maximum atomic E-state index is 12.9. The Morgan fingerprint density at radius 1 is 1.09 bits per heavy atom. The van der Waals surface area contributed by atoms with Crippen molar-refractivity contribution < 1.29 is 17.9 Å². The van der Waals surface area contributed by atoms with E-state index in [1.165, 1.54) is 11.3 Å². The van der Waals surface area contributed by atoms with Crippen LogP contribution >= 0.6 is 11.3 Å². The van der Waals surface area contributed by atoms with E-state index in [1.54, 1.807) is 52.3 Å². The molecule has 1 amide bonds. The number of rotatable bonds is 8. The molecule has 1 N–H and O–H groups in total. The number of hydrogen-bond acceptors (Lipinski definition) is 6. The van der Waals surface area contributed by atoms with Crippen LogP contribution in [0.3, 0.4) is 0 Å². The second-order valence-electron chi connectivity index (χ2n) is 7.59. The number of amides is 1. The average molecular weight is 472 g/mol. The molecule has 32 heavy (non-hydrogen) atoms. The molecule has 1 aromatic heterocycles. The number of carbonyl (C=O) groups excluding carboxylic acids is 1. The minimum atomic E-state index is -3.51. The fraction of sp³-hybridized carbons (Fsp3) is 0.304. The summed E-state index contributed by atoms with van der Waals surface area (Å²) in [6, 6.07) is 13.7. The first-order valence-electron chi connectivity index (χ1n) is 10.5. The van der Waals surface area contributed by atoms with Crippen molar-refractivity contribution in [3.63, 3.8) is 0 Å². The minimum Gasteiger partial charge on any atom is -0.487 e. The fourth-order valence-electron chi connectivity index (χ4n) is 3.55. The summed E-state index contributed by atoms with van der Waals surface area (Å²) in [5.74, 6) is 0.327. The Kier molecular flexibility index (Phi) is 7.19. The number of hydrogen-bond donors (Lipinski definition) is 1. The summed E-state index contributed by atoms with van der Waals surface area (Å²) in [5.41, 5.74) is 3.78. The minimum absolute atomic E-state index is 0.228. The summed E-state index contributed by atoms with van der Waals surface area (Å²) in [5, 5.41) is 4.77. The van der Waals surface area contributed by atoms with Gasteiger partial charge in [0.1, 0.15) is 12.4 Å². The van der Waals surface area contributed by atoms with Gasteiger partial charge >= 0.3 is 0 Å². The Hall–Kier alpha value is -2.75. The van der Waals surface area contributed by atoms with Gasteiger partial charge in [-0.3, -0.25) is 4.79 Å². The maximum Gasteiger partial charge on any atom is 0.251 e. The van der Waals surface area contributed by atoms with Gasteiger partial charge in [-0.15, -0.1) is 11.3 Å². The number of sulfonamides is 1. The summed E-state index contributed by atoms with van der Waals surface area (Å²) >= 11 is 1.50. The number of carbonyl (C=O) groups is 1. The van der Waals surface area contributed by atoms with E-state index in [0.29, 0.717) is 31.0 Å². The molecule has 1 saturated heterocycles. The molecular weight excluding hydrogens is 446 g/mol. The molecule has 0 spiro atoms. The Bertz CT molecular complexity index is 1160. The van der Waals surface area contributed by atoms with Crippen LogP contribution in [0.2, 0.25) is 0 Å². The number of piperidine rings is 1. The Balaban J connectivity index is 1.38. The van der Waals surface area contributed by atoms with Crippen LogP contribution in [-0.4, -0.2) is 36.7 Å². The maximum absolute atomic E-state index is 12.9. The van der Waals surface area contributed by atoms with E-state index in [-0.39, 0.29) is 17.3 Å². The summed E-state index contributed by atoms with van der Waals surface area (Å²) in [6.07, 6.45) is 2.85. The van der Waals surface area contributed by atoms with Crippen LogP contribution in [0.1, 0.15) is 40.9 Å². The number of nitrogens with zero attached hydrogens (tertiary/aromatic N) is 2. The first-order chi connectivity index (χ1) is 15.5. The van der Waals surface area contributed by atoms with Crippen molar-refractivity contribution in [2.75, 3.05) is 13.1 Å². The second-order valence-corrected chi connectivity index (χ2v) is 10.2. The summed E-state index contributed by atoms with van der Waals surface area (Å²) in [6.45, 7) is 1.69. The summed E-state index contributed by atoms with van der Waals surface area (Å²) in [7, 11) is -3.51. The van der Waals surface area contributed by atoms with Crippen LogP contribution in [0.15, 0.2) is 64.3 Å². The Morgan fingerprint density at radius 2 is 1.91 bits per heavy atom. The lowest BCUT2D eigenvalue weighted by Crippen LogP contribution is -2.35. The number of benzene rings is 2. The van der Waals surface area contributed by atoms with Crippen LogP contribution in [0.25, 0.3) is 0 Å². The highest BCUT2D eigenvalue weighted by molar-refractivity contribution is 7.89. The van der Waals surface area contributed by atoms with E-state index in [1.807, 2.05) is 11.4 Å². The molecule has 0 aliphatic carbocycles. The van der Waals surface area contributed by atoms with Crippen LogP contribution in [0.5, 0.6) is 5.75 Å². The van der Waals surface area contributed by atoms with Crippen LogP contribution in [0.4, 0.5) is 0 Å². The number of ether oxygens (including phenoxy) is 1. The fourth-order valence-corrected chi connectivity index (χ4v) is 5.68. The smallest absolute Gasteiger partial charge is 0.251 e. The van der Waals surface area contributed by atoms with Crippen LogP contribution in [-0.2, 0) is 23.2 Å². The topological polar surface area (TPSA) is 88.6 Å². The standard InChI is InChI=1S/C23H25N3O4S2/c27-23(19-7-5-8-21(13-19)30-15-20-16-31-17-25-20)24-14-18-6-4-9-22(12-18)32(28,29)26-10-2-1-3-11-26/h4-9,12-13,16-17H,1-3,10-11,14-15H2,(H,24,27). The molecule has 0 atom stereocenters. The van der Waals surface area contributed by atoms with Gasteiger partial charge in [0.05, 0.1) is 16.1 Å². The van der Waals surface area contributed by atoms with E-state index in [2.05, 4.69) is 10.3 Å². The molecule has 2 aromatic carbocycles. The number of thiazole rings is 1. The van der Waals surface area contributed by atoms with E-state index >= 15 is 0 Å². The normalized spacial score (nSPS) is 14.8. The zero-order valence-electron chi connectivity index (χ0n) is 17.6. The van der Waals surface area contributed by atoms with Crippen molar-refractivity contribution in [1.29, 1.82) is 0 Å². The third-order valence-electron chi connectivity index (χ3n) is 5.27. The molecule has 1 aliphatic rings. The van der Waals surface area contributed by atoms with Gasteiger partial charge in [0, 0.05) is 30.6 Å². The van der Waals surface area contributed by atoms with Gasteiger partial charge in [-0.05, 0) is 48.7 Å². The van der Waals surface area contributed by atoms with Gasteiger partial charge in [-0.25, -0.2) is 13.4 Å². The van der Waals surface area contributed by atoms with Gasteiger partial charge in [-0.1, -0.05) is 24.6 Å². The van der Waals surface area contributed by atoms with E-state index < -0.39 is 10.0 Å². The molecule has 1 aliphatic heterocycles. The Labute approximate surface area is 192 Å². The molecule has 4 rings (SSSR count). The molecule has 3 aromatic rings. The zero-order valence-corrected chi connectivity index (χ0v) is 19.2.